The van der Waals surface area contributed by atoms with Crippen LogP contribution in [-0.4, -0.2) is 34.3 Å². The number of anilines is 1. The van der Waals surface area contributed by atoms with E-state index >= 15 is 0 Å². The van der Waals surface area contributed by atoms with Crippen LogP contribution in [0, 0.1) is 13.8 Å². The van der Waals surface area contributed by atoms with E-state index in [-0.39, 0.29) is 5.91 Å². The van der Waals surface area contributed by atoms with E-state index in [9.17, 15) is 4.79 Å². The van der Waals surface area contributed by atoms with Gasteiger partial charge in [-0.1, -0.05) is 0 Å². The summed E-state index contributed by atoms with van der Waals surface area (Å²) < 4.78 is 21.2. The minimum Gasteiger partial charge on any atom is -0.496 e. The summed E-state index contributed by atoms with van der Waals surface area (Å²) in [6.07, 6.45) is 0. The maximum absolute atomic E-state index is 12.7. The van der Waals surface area contributed by atoms with Crippen LogP contribution in [-0.2, 0) is 0 Å². The molecule has 0 saturated carbocycles. The van der Waals surface area contributed by atoms with Crippen molar-refractivity contribution < 1.29 is 23.7 Å². The Morgan fingerprint density at radius 2 is 1.32 bits per heavy atom. The number of aryl methyl sites for hydroxylation is 2. The van der Waals surface area contributed by atoms with Gasteiger partial charge in [0.1, 0.15) is 5.75 Å². The number of methoxy groups -OCH3 is 4. The number of hydrogen-bond acceptors (Lipinski definition) is 5. The van der Waals surface area contributed by atoms with Crippen LogP contribution in [0.15, 0.2) is 24.3 Å². The van der Waals surface area contributed by atoms with Crippen molar-refractivity contribution >= 4 is 11.6 Å². The third-order valence-corrected chi connectivity index (χ3v) is 3.91. The van der Waals surface area contributed by atoms with Gasteiger partial charge in [0.05, 0.1) is 28.4 Å². The van der Waals surface area contributed by atoms with Gasteiger partial charge in [-0.3, -0.25) is 4.79 Å². The summed E-state index contributed by atoms with van der Waals surface area (Å²) in [7, 11) is 6.19. The number of amides is 1. The molecule has 0 spiro atoms. The molecule has 6 nitrogen and oxygen atoms in total. The number of benzene rings is 2. The quantitative estimate of drug-likeness (QED) is 0.867. The molecular weight excluding hydrogens is 322 g/mol. The summed E-state index contributed by atoms with van der Waals surface area (Å²) in [6.45, 7) is 3.76. The second-order valence-corrected chi connectivity index (χ2v) is 5.50. The van der Waals surface area contributed by atoms with E-state index in [1.165, 1.54) is 21.3 Å². The highest BCUT2D eigenvalue weighted by Crippen LogP contribution is 2.40. The first-order valence-corrected chi connectivity index (χ1v) is 7.71. The highest BCUT2D eigenvalue weighted by Gasteiger charge is 2.17. The van der Waals surface area contributed by atoms with E-state index in [2.05, 4.69) is 5.32 Å². The van der Waals surface area contributed by atoms with Crippen molar-refractivity contribution in [3.8, 4) is 23.0 Å². The summed E-state index contributed by atoms with van der Waals surface area (Å²) in [4.78, 5) is 12.7. The summed E-state index contributed by atoms with van der Waals surface area (Å²) in [5, 5.41) is 2.87. The first-order chi connectivity index (χ1) is 11.9. The molecule has 0 bridgehead atoms. The molecule has 25 heavy (non-hydrogen) atoms. The first kappa shape index (κ1) is 18.4. The van der Waals surface area contributed by atoms with Crippen molar-refractivity contribution in [2.45, 2.75) is 13.8 Å². The fourth-order valence-electron chi connectivity index (χ4n) is 2.61. The van der Waals surface area contributed by atoms with Gasteiger partial charge in [0, 0.05) is 23.4 Å². The van der Waals surface area contributed by atoms with E-state index in [1.807, 2.05) is 26.0 Å². The van der Waals surface area contributed by atoms with Crippen molar-refractivity contribution in [2.24, 2.45) is 0 Å². The Kier molecular flexibility index (Phi) is 5.75. The lowest BCUT2D eigenvalue weighted by Gasteiger charge is -2.15. The highest BCUT2D eigenvalue weighted by molar-refractivity contribution is 6.05. The van der Waals surface area contributed by atoms with Crippen molar-refractivity contribution in [1.82, 2.24) is 0 Å². The molecule has 0 aromatic heterocycles. The van der Waals surface area contributed by atoms with Crippen molar-refractivity contribution in [1.29, 1.82) is 0 Å². The molecule has 0 radical (unpaired) electrons. The molecule has 2 rings (SSSR count). The zero-order valence-electron chi connectivity index (χ0n) is 15.4. The number of hydrogen-bond donors (Lipinski definition) is 1. The van der Waals surface area contributed by atoms with Gasteiger partial charge in [-0.25, -0.2) is 0 Å². The van der Waals surface area contributed by atoms with E-state index < -0.39 is 0 Å². The van der Waals surface area contributed by atoms with Crippen LogP contribution in [0.25, 0.3) is 0 Å². The Bertz CT molecular complexity index is 761. The van der Waals surface area contributed by atoms with Gasteiger partial charge in [-0.05, 0) is 37.1 Å². The molecule has 2 aromatic rings. The minimum absolute atomic E-state index is 0.225. The molecule has 0 unspecified atom stereocenters. The molecule has 1 amide bonds. The lowest BCUT2D eigenvalue weighted by molar-refractivity contribution is 0.102. The zero-order chi connectivity index (χ0) is 18.6. The van der Waals surface area contributed by atoms with Gasteiger partial charge >= 0.3 is 0 Å². The Morgan fingerprint density at radius 3 is 1.80 bits per heavy atom. The SMILES string of the molecule is COc1cc(C)c(C(=O)Nc2cc(OC)c(OC)c(OC)c2)cc1C. The average molecular weight is 345 g/mol. The van der Waals surface area contributed by atoms with Crippen LogP contribution >= 0.6 is 0 Å². The number of ether oxygens (including phenoxy) is 4. The van der Waals surface area contributed by atoms with E-state index in [0.717, 1.165) is 16.9 Å². The number of nitrogens with one attached hydrogen (secondary N) is 1. The van der Waals surface area contributed by atoms with Crippen molar-refractivity contribution in [3.05, 3.63) is 41.0 Å². The summed E-state index contributed by atoms with van der Waals surface area (Å²) in [5.74, 6) is 1.94. The maximum Gasteiger partial charge on any atom is 0.255 e. The van der Waals surface area contributed by atoms with Gasteiger partial charge in [0.25, 0.3) is 5.91 Å². The lowest BCUT2D eigenvalue weighted by Crippen LogP contribution is -2.14. The summed E-state index contributed by atoms with van der Waals surface area (Å²) in [6, 6.07) is 7.02. The van der Waals surface area contributed by atoms with Crippen LogP contribution in [0.1, 0.15) is 21.5 Å². The Balaban J connectivity index is 2.37. The lowest BCUT2D eigenvalue weighted by atomic mass is 10.0. The smallest absolute Gasteiger partial charge is 0.255 e. The second-order valence-electron chi connectivity index (χ2n) is 5.50. The first-order valence-electron chi connectivity index (χ1n) is 7.71. The Morgan fingerprint density at radius 1 is 0.760 bits per heavy atom. The topological polar surface area (TPSA) is 66.0 Å². The molecule has 0 heterocycles. The van der Waals surface area contributed by atoms with Gasteiger partial charge < -0.3 is 24.3 Å². The Labute approximate surface area is 147 Å². The maximum atomic E-state index is 12.7. The van der Waals surface area contributed by atoms with E-state index in [1.54, 1.807) is 19.2 Å². The van der Waals surface area contributed by atoms with Crippen LogP contribution in [0.3, 0.4) is 0 Å². The monoisotopic (exact) mass is 345 g/mol. The fourth-order valence-corrected chi connectivity index (χ4v) is 2.61. The molecule has 0 aliphatic carbocycles. The van der Waals surface area contributed by atoms with Crippen LogP contribution in [0.5, 0.6) is 23.0 Å². The van der Waals surface area contributed by atoms with Crippen molar-refractivity contribution in [3.63, 3.8) is 0 Å². The van der Waals surface area contributed by atoms with Gasteiger partial charge in [-0.15, -0.1) is 0 Å². The summed E-state index contributed by atoms with van der Waals surface area (Å²) in [5.41, 5.74) is 2.84. The second kappa shape index (κ2) is 7.79. The standard InChI is InChI=1S/C19H23NO5/c1-11-8-15(22-3)12(2)7-14(11)19(21)20-13-9-16(23-4)18(25-6)17(10-13)24-5/h7-10H,1-6H3,(H,20,21). The number of carbonyl (C=O) groups is 1. The normalized spacial score (nSPS) is 10.2. The van der Waals surface area contributed by atoms with E-state index in [0.29, 0.717) is 28.5 Å². The van der Waals surface area contributed by atoms with Crippen molar-refractivity contribution in [2.75, 3.05) is 33.8 Å². The third kappa shape index (κ3) is 3.79. The van der Waals surface area contributed by atoms with Gasteiger partial charge in [0.2, 0.25) is 5.75 Å². The molecule has 1 N–H and O–H groups in total. The Hall–Kier alpha value is -2.89. The predicted molar refractivity (Wildman–Crippen MR) is 96.5 cm³/mol. The molecule has 0 fully saturated rings. The fraction of sp³-hybridized carbons (Fsp3) is 0.316. The van der Waals surface area contributed by atoms with Gasteiger partial charge in [0.15, 0.2) is 11.5 Å². The van der Waals surface area contributed by atoms with Crippen LogP contribution < -0.4 is 24.3 Å². The molecular formula is C19H23NO5. The molecule has 6 heteroatoms. The minimum atomic E-state index is -0.225. The van der Waals surface area contributed by atoms with E-state index in [4.69, 9.17) is 18.9 Å². The summed E-state index contributed by atoms with van der Waals surface area (Å²) >= 11 is 0. The predicted octanol–water partition coefficient (Wildman–Crippen LogP) is 3.59. The number of carbonyl (C=O) groups excluding carboxylic acids is 1. The molecule has 0 atom stereocenters. The van der Waals surface area contributed by atoms with Crippen LogP contribution in [0.4, 0.5) is 5.69 Å². The zero-order valence-corrected chi connectivity index (χ0v) is 15.4. The largest absolute Gasteiger partial charge is 0.496 e. The molecule has 0 aliphatic heterocycles. The third-order valence-electron chi connectivity index (χ3n) is 3.91. The molecule has 0 aliphatic rings. The molecule has 134 valence electrons. The number of rotatable bonds is 6. The molecule has 0 saturated heterocycles. The molecule has 2 aromatic carbocycles. The van der Waals surface area contributed by atoms with Crippen LogP contribution in [0.2, 0.25) is 0 Å². The highest BCUT2D eigenvalue weighted by atomic mass is 16.5. The average Bonchev–Trinajstić information content (AvgIpc) is 2.61. The van der Waals surface area contributed by atoms with Gasteiger partial charge in [-0.2, -0.15) is 0 Å².